The largest absolute Gasteiger partial charge is 0.331 e. The summed E-state index contributed by atoms with van der Waals surface area (Å²) in [6.45, 7) is 10.1. The second-order valence-electron chi connectivity index (χ2n) is 5.71. The molecule has 0 aliphatic rings. The van der Waals surface area contributed by atoms with Gasteiger partial charge in [0.05, 0.1) is 5.16 Å². The Kier molecular flexibility index (Phi) is 6.24. The van der Waals surface area contributed by atoms with Crippen molar-refractivity contribution in [3.8, 4) is 0 Å². The fraction of sp³-hybridized carbons (Fsp3) is 1.00. The van der Waals surface area contributed by atoms with Crippen molar-refractivity contribution in [1.82, 2.24) is 0 Å². The summed E-state index contributed by atoms with van der Waals surface area (Å²) in [6, 6.07) is 0. The lowest BCUT2D eigenvalue weighted by molar-refractivity contribution is 0.260. The summed E-state index contributed by atoms with van der Waals surface area (Å²) in [7, 11) is -4.03. The number of hydrogen-bond donors (Lipinski definition) is 2. The molecule has 0 spiro atoms. The van der Waals surface area contributed by atoms with Gasteiger partial charge < -0.3 is 9.79 Å². The maximum absolute atomic E-state index is 11.8. The molecule has 16 heavy (non-hydrogen) atoms. The maximum atomic E-state index is 11.8. The third kappa shape index (κ3) is 4.57. The first-order valence-electron chi connectivity index (χ1n) is 6.20. The molecule has 0 unspecified atom stereocenters. The Hall–Kier alpha value is 0.150. The van der Waals surface area contributed by atoms with Crippen LogP contribution in [0, 0.1) is 11.8 Å². The van der Waals surface area contributed by atoms with Gasteiger partial charge in [0.2, 0.25) is 0 Å². The molecular formula is C12H27O3P. The Morgan fingerprint density at radius 2 is 1.44 bits per heavy atom. The summed E-state index contributed by atoms with van der Waals surface area (Å²) in [6.07, 6.45) is 2.67. The van der Waals surface area contributed by atoms with Gasteiger partial charge in [0.15, 0.2) is 0 Å². The van der Waals surface area contributed by atoms with Crippen molar-refractivity contribution in [3.63, 3.8) is 0 Å². The molecule has 0 aliphatic carbocycles. The molecule has 0 aliphatic heterocycles. The highest BCUT2D eigenvalue weighted by molar-refractivity contribution is 7.53. The third-order valence-corrected chi connectivity index (χ3v) is 4.73. The van der Waals surface area contributed by atoms with Crippen LogP contribution in [0.15, 0.2) is 0 Å². The molecule has 0 fully saturated rings. The molecule has 0 rings (SSSR count). The van der Waals surface area contributed by atoms with E-state index in [1.165, 1.54) is 0 Å². The first kappa shape index (κ1) is 16.1. The normalized spacial score (nSPS) is 13.8. The Morgan fingerprint density at radius 1 is 1.06 bits per heavy atom. The van der Waals surface area contributed by atoms with Crippen molar-refractivity contribution in [2.24, 2.45) is 11.8 Å². The molecule has 0 aromatic heterocycles. The van der Waals surface area contributed by atoms with E-state index in [1.54, 1.807) is 0 Å². The average Bonchev–Trinajstić information content (AvgIpc) is 1.99. The lowest BCUT2D eigenvalue weighted by Gasteiger charge is -2.37. The molecule has 98 valence electrons. The molecule has 0 aromatic rings. The molecule has 0 saturated heterocycles. The zero-order valence-corrected chi connectivity index (χ0v) is 12.1. The highest BCUT2D eigenvalue weighted by Crippen LogP contribution is 2.59. The van der Waals surface area contributed by atoms with Gasteiger partial charge in [-0.3, -0.25) is 4.57 Å². The zero-order valence-electron chi connectivity index (χ0n) is 11.2. The summed E-state index contributed by atoms with van der Waals surface area (Å²) < 4.78 is 11.8. The van der Waals surface area contributed by atoms with Crippen LogP contribution in [0.2, 0.25) is 0 Å². The summed E-state index contributed by atoms with van der Waals surface area (Å²) in [5, 5.41) is -0.802. The Labute approximate surface area is 99.8 Å². The second kappa shape index (κ2) is 6.18. The van der Waals surface area contributed by atoms with Crippen LogP contribution in [0.1, 0.15) is 60.3 Å². The standard InChI is InChI=1S/C12H27O3P/c1-6-7-12(8-10(2)3,9-11(4)5)16(13,14)15/h10-11H,6-9H2,1-5H3,(H2,13,14,15). The van der Waals surface area contributed by atoms with E-state index in [2.05, 4.69) is 0 Å². The van der Waals surface area contributed by atoms with E-state index in [-0.39, 0.29) is 0 Å². The summed E-state index contributed by atoms with van der Waals surface area (Å²) in [5.74, 6) is 0.635. The van der Waals surface area contributed by atoms with E-state index < -0.39 is 12.8 Å². The van der Waals surface area contributed by atoms with Gasteiger partial charge in [0.1, 0.15) is 0 Å². The van der Waals surface area contributed by atoms with E-state index >= 15 is 0 Å². The van der Waals surface area contributed by atoms with Gasteiger partial charge in [-0.2, -0.15) is 0 Å². The molecule has 3 nitrogen and oxygen atoms in total. The number of rotatable bonds is 7. The predicted octanol–water partition coefficient (Wildman–Crippen LogP) is 3.80. The highest BCUT2D eigenvalue weighted by atomic mass is 31.2. The van der Waals surface area contributed by atoms with Gasteiger partial charge in [-0.1, -0.05) is 41.0 Å². The van der Waals surface area contributed by atoms with Crippen molar-refractivity contribution in [2.75, 3.05) is 0 Å². The monoisotopic (exact) mass is 250 g/mol. The van der Waals surface area contributed by atoms with Gasteiger partial charge in [-0.15, -0.1) is 0 Å². The van der Waals surface area contributed by atoms with Crippen LogP contribution in [0.5, 0.6) is 0 Å². The maximum Gasteiger partial charge on any atom is 0.331 e. The molecule has 0 heterocycles. The summed E-state index contributed by atoms with van der Waals surface area (Å²) in [4.78, 5) is 19.3. The Morgan fingerprint density at radius 3 is 1.62 bits per heavy atom. The summed E-state index contributed by atoms with van der Waals surface area (Å²) >= 11 is 0. The topological polar surface area (TPSA) is 57.5 Å². The minimum atomic E-state index is -4.03. The van der Waals surface area contributed by atoms with Gasteiger partial charge in [0, 0.05) is 0 Å². The van der Waals surface area contributed by atoms with Crippen LogP contribution >= 0.6 is 7.60 Å². The first-order valence-corrected chi connectivity index (χ1v) is 7.81. The minimum Gasteiger partial charge on any atom is -0.324 e. The van der Waals surface area contributed by atoms with Crippen LogP contribution in [-0.2, 0) is 4.57 Å². The van der Waals surface area contributed by atoms with Gasteiger partial charge in [-0.25, -0.2) is 0 Å². The Balaban J connectivity index is 5.13. The molecule has 4 heteroatoms. The van der Waals surface area contributed by atoms with Crippen LogP contribution in [-0.4, -0.2) is 14.9 Å². The molecule has 2 N–H and O–H groups in total. The lowest BCUT2D eigenvalue weighted by Crippen LogP contribution is -2.32. The van der Waals surface area contributed by atoms with Crippen molar-refractivity contribution >= 4 is 7.60 Å². The highest BCUT2D eigenvalue weighted by Gasteiger charge is 2.46. The van der Waals surface area contributed by atoms with Crippen LogP contribution in [0.4, 0.5) is 0 Å². The molecule has 0 bridgehead atoms. The lowest BCUT2D eigenvalue weighted by atomic mass is 9.85. The van der Waals surface area contributed by atoms with Crippen molar-refractivity contribution in [1.29, 1.82) is 0 Å². The van der Waals surface area contributed by atoms with E-state index in [1.807, 2.05) is 34.6 Å². The molecule has 0 aromatic carbocycles. The molecule has 0 saturated carbocycles. The van der Waals surface area contributed by atoms with E-state index in [0.717, 1.165) is 6.42 Å². The molecule has 0 amide bonds. The fourth-order valence-corrected chi connectivity index (χ4v) is 4.38. The van der Waals surface area contributed by atoms with Crippen LogP contribution < -0.4 is 0 Å². The molecule has 0 radical (unpaired) electrons. The summed E-state index contributed by atoms with van der Waals surface area (Å²) in [5.41, 5.74) is 0. The fourth-order valence-electron chi connectivity index (χ4n) is 2.66. The smallest absolute Gasteiger partial charge is 0.324 e. The third-order valence-electron chi connectivity index (χ3n) is 2.91. The second-order valence-corrected chi connectivity index (χ2v) is 7.75. The van der Waals surface area contributed by atoms with E-state index in [9.17, 15) is 14.4 Å². The van der Waals surface area contributed by atoms with Crippen molar-refractivity contribution in [2.45, 2.75) is 65.5 Å². The van der Waals surface area contributed by atoms with E-state index in [4.69, 9.17) is 0 Å². The van der Waals surface area contributed by atoms with E-state index in [0.29, 0.717) is 31.1 Å². The SMILES string of the molecule is CCCC(CC(C)C)(CC(C)C)P(=O)(O)O. The zero-order chi connectivity index (χ0) is 13.0. The first-order chi connectivity index (χ1) is 7.14. The average molecular weight is 250 g/mol. The van der Waals surface area contributed by atoms with Gasteiger partial charge in [0.25, 0.3) is 0 Å². The van der Waals surface area contributed by atoms with Gasteiger partial charge in [-0.05, 0) is 31.1 Å². The Bertz CT molecular complexity index is 233. The van der Waals surface area contributed by atoms with Crippen molar-refractivity contribution < 1.29 is 14.4 Å². The van der Waals surface area contributed by atoms with Gasteiger partial charge >= 0.3 is 7.60 Å². The minimum absolute atomic E-state index is 0.318. The van der Waals surface area contributed by atoms with Crippen LogP contribution in [0.3, 0.4) is 0 Å². The number of hydrogen-bond acceptors (Lipinski definition) is 1. The molecule has 0 atom stereocenters. The predicted molar refractivity (Wildman–Crippen MR) is 68.6 cm³/mol. The quantitative estimate of drug-likeness (QED) is 0.676. The molecular weight excluding hydrogens is 223 g/mol. The van der Waals surface area contributed by atoms with Crippen LogP contribution in [0.25, 0.3) is 0 Å². The van der Waals surface area contributed by atoms with Crippen molar-refractivity contribution in [3.05, 3.63) is 0 Å².